The minimum atomic E-state index is -0.232. The molecule has 0 aliphatic carbocycles. The van der Waals surface area contributed by atoms with E-state index < -0.39 is 0 Å². The second-order valence-electron chi connectivity index (χ2n) is 8.08. The van der Waals surface area contributed by atoms with E-state index in [0.29, 0.717) is 41.4 Å². The summed E-state index contributed by atoms with van der Waals surface area (Å²) in [6.45, 7) is 2.75. The van der Waals surface area contributed by atoms with Gasteiger partial charge in [-0.1, -0.05) is 0 Å². The lowest BCUT2D eigenvalue weighted by molar-refractivity contribution is 0.0746. The van der Waals surface area contributed by atoms with Gasteiger partial charge in [0.15, 0.2) is 11.5 Å². The van der Waals surface area contributed by atoms with Crippen LogP contribution in [0.25, 0.3) is 0 Å². The molecule has 1 saturated heterocycles. The minimum absolute atomic E-state index is 0.0283. The zero-order chi connectivity index (χ0) is 24.8. The third-order valence-electron chi connectivity index (χ3n) is 6.04. The Balaban J connectivity index is 1.33. The summed E-state index contributed by atoms with van der Waals surface area (Å²) in [4.78, 5) is 29.6. The molecule has 1 N–H and O–H groups in total. The highest BCUT2D eigenvalue weighted by molar-refractivity contribution is 6.04. The number of methoxy groups -OCH3 is 3. The van der Waals surface area contributed by atoms with Gasteiger partial charge in [-0.3, -0.25) is 9.59 Å². The van der Waals surface area contributed by atoms with E-state index in [1.807, 2.05) is 29.2 Å². The van der Waals surface area contributed by atoms with Crippen LogP contribution in [0.5, 0.6) is 17.2 Å². The van der Waals surface area contributed by atoms with E-state index in [1.165, 1.54) is 7.11 Å². The Hall–Kier alpha value is -4.20. The molecule has 2 amide bonds. The Morgan fingerprint density at radius 2 is 1.34 bits per heavy atom. The fourth-order valence-corrected chi connectivity index (χ4v) is 4.02. The topological polar surface area (TPSA) is 80.3 Å². The molecule has 0 atom stereocenters. The van der Waals surface area contributed by atoms with Gasteiger partial charge in [-0.2, -0.15) is 0 Å². The molecule has 0 bridgehead atoms. The molecule has 0 radical (unpaired) electrons. The number of anilines is 2. The molecule has 1 aliphatic heterocycles. The van der Waals surface area contributed by atoms with Gasteiger partial charge in [-0.15, -0.1) is 0 Å². The van der Waals surface area contributed by atoms with Crippen molar-refractivity contribution in [1.29, 1.82) is 0 Å². The summed E-state index contributed by atoms with van der Waals surface area (Å²) < 4.78 is 15.7. The maximum atomic E-state index is 12.8. The molecule has 4 rings (SSSR count). The van der Waals surface area contributed by atoms with Gasteiger partial charge in [0.25, 0.3) is 11.8 Å². The van der Waals surface area contributed by atoms with Gasteiger partial charge in [-0.25, -0.2) is 0 Å². The monoisotopic (exact) mass is 475 g/mol. The number of amides is 2. The van der Waals surface area contributed by atoms with Crippen molar-refractivity contribution in [2.24, 2.45) is 0 Å². The van der Waals surface area contributed by atoms with Crippen molar-refractivity contribution in [3.8, 4) is 17.2 Å². The number of piperazine rings is 1. The van der Waals surface area contributed by atoms with E-state index in [0.717, 1.165) is 24.5 Å². The molecule has 0 unspecified atom stereocenters. The number of hydrogen-bond donors (Lipinski definition) is 1. The second-order valence-corrected chi connectivity index (χ2v) is 8.08. The number of benzene rings is 3. The average Bonchev–Trinajstić information content (AvgIpc) is 2.92. The number of hydrogen-bond acceptors (Lipinski definition) is 6. The normalized spacial score (nSPS) is 13.2. The highest BCUT2D eigenvalue weighted by Gasteiger charge is 2.22. The van der Waals surface area contributed by atoms with E-state index in [2.05, 4.69) is 10.2 Å². The van der Waals surface area contributed by atoms with Gasteiger partial charge in [0.2, 0.25) is 0 Å². The SMILES string of the molecule is COc1ccc(C(=O)N2CCN(c3ccc(NC(=O)c4ccc(OC)c(OC)c4)cc3)CC2)cc1. The first kappa shape index (κ1) is 23.9. The van der Waals surface area contributed by atoms with Crippen LogP contribution in [0, 0.1) is 0 Å². The summed E-state index contributed by atoms with van der Waals surface area (Å²) in [5.74, 6) is 1.60. The van der Waals surface area contributed by atoms with Crippen molar-refractivity contribution >= 4 is 23.2 Å². The Morgan fingerprint density at radius 3 is 1.94 bits per heavy atom. The second kappa shape index (κ2) is 10.8. The first-order chi connectivity index (χ1) is 17.0. The highest BCUT2D eigenvalue weighted by Crippen LogP contribution is 2.28. The molecule has 3 aromatic carbocycles. The van der Waals surface area contributed by atoms with Gasteiger partial charge < -0.3 is 29.3 Å². The van der Waals surface area contributed by atoms with Crippen LogP contribution in [0.15, 0.2) is 66.7 Å². The van der Waals surface area contributed by atoms with Crippen LogP contribution in [0.1, 0.15) is 20.7 Å². The van der Waals surface area contributed by atoms with Crippen molar-refractivity contribution in [1.82, 2.24) is 4.90 Å². The van der Waals surface area contributed by atoms with Crippen molar-refractivity contribution < 1.29 is 23.8 Å². The van der Waals surface area contributed by atoms with Crippen molar-refractivity contribution in [3.63, 3.8) is 0 Å². The zero-order valence-corrected chi connectivity index (χ0v) is 20.1. The quantitative estimate of drug-likeness (QED) is 0.558. The number of nitrogens with zero attached hydrogens (tertiary/aromatic N) is 2. The summed E-state index contributed by atoms with van der Waals surface area (Å²) in [5.41, 5.74) is 2.88. The van der Waals surface area contributed by atoms with Crippen molar-refractivity contribution in [2.75, 3.05) is 57.7 Å². The Labute approximate surface area is 205 Å². The highest BCUT2D eigenvalue weighted by atomic mass is 16.5. The summed E-state index contributed by atoms with van der Waals surface area (Å²) in [6, 6.07) is 19.9. The Morgan fingerprint density at radius 1 is 0.714 bits per heavy atom. The van der Waals surface area contributed by atoms with Gasteiger partial charge in [0.1, 0.15) is 5.75 Å². The molecule has 1 fully saturated rings. The molecule has 1 heterocycles. The lowest BCUT2D eigenvalue weighted by Gasteiger charge is -2.36. The van der Waals surface area contributed by atoms with E-state index in [9.17, 15) is 9.59 Å². The Kier molecular flexibility index (Phi) is 7.40. The molecule has 35 heavy (non-hydrogen) atoms. The summed E-state index contributed by atoms with van der Waals surface area (Å²) in [6.07, 6.45) is 0. The summed E-state index contributed by atoms with van der Waals surface area (Å²) in [7, 11) is 4.69. The number of carbonyl (C=O) groups is 2. The maximum absolute atomic E-state index is 12.8. The standard InChI is InChI=1S/C27H29N3O5/c1-33-23-11-4-19(5-12-23)27(32)30-16-14-29(15-17-30)22-9-7-21(8-10-22)28-26(31)20-6-13-24(34-2)25(18-20)35-3/h4-13,18H,14-17H2,1-3H3,(H,28,31). The van der Waals surface area contributed by atoms with Gasteiger partial charge >= 0.3 is 0 Å². The van der Waals surface area contributed by atoms with E-state index >= 15 is 0 Å². The van der Waals surface area contributed by atoms with Gasteiger partial charge in [0, 0.05) is 48.7 Å². The Bertz CT molecular complexity index is 1170. The van der Waals surface area contributed by atoms with E-state index in [4.69, 9.17) is 14.2 Å². The van der Waals surface area contributed by atoms with Gasteiger partial charge in [-0.05, 0) is 66.7 Å². The van der Waals surface area contributed by atoms with Crippen LogP contribution in [0.4, 0.5) is 11.4 Å². The zero-order valence-electron chi connectivity index (χ0n) is 20.1. The number of ether oxygens (including phenoxy) is 3. The lowest BCUT2D eigenvalue weighted by Crippen LogP contribution is -2.48. The van der Waals surface area contributed by atoms with E-state index in [-0.39, 0.29) is 11.8 Å². The third kappa shape index (κ3) is 5.48. The molecule has 8 heteroatoms. The molecule has 182 valence electrons. The van der Waals surface area contributed by atoms with Crippen LogP contribution in [-0.2, 0) is 0 Å². The molecule has 1 aliphatic rings. The third-order valence-corrected chi connectivity index (χ3v) is 6.04. The molecular formula is C27H29N3O5. The fourth-order valence-electron chi connectivity index (χ4n) is 4.02. The van der Waals surface area contributed by atoms with Crippen LogP contribution in [-0.4, -0.2) is 64.2 Å². The van der Waals surface area contributed by atoms with Crippen molar-refractivity contribution in [2.45, 2.75) is 0 Å². The van der Waals surface area contributed by atoms with Gasteiger partial charge in [0.05, 0.1) is 21.3 Å². The first-order valence-corrected chi connectivity index (χ1v) is 11.3. The molecule has 0 aromatic heterocycles. The predicted octanol–water partition coefficient (Wildman–Crippen LogP) is 3.93. The lowest BCUT2D eigenvalue weighted by atomic mass is 10.1. The molecule has 8 nitrogen and oxygen atoms in total. The number of rotatable bonds is 7. The smallest absolute Gasteiger partial charge is 0.255 e. The van der Waals surface area contributed by atoms with Crippen LogP contribution in [0.2, 0.25) is 0 Å². The summed E-state index contributed by atoms with van der Waals surface area (Å²) in [5, 5.41) is 2.91. The maximum Gasteiger partial charge on any atom is 0.255 e. The molecule has 0 spiro atoms. The predicted molar refractivity (Wildman–Crippen MR) is 135 cm³/mol. The van der Waals surface area contributed by atoms with Crippen LogP contribution in [0.3, 0.4) is 0 Å². The van der Waals surface area contributed by atoms with E-state index in [1.54, 1.807) is 56.7 Å². The first-order valence-electron chi connectivity index (χ1n) is 11.3. The summed E-state index contributed by atoms with van der Waals surface area (Å²) >= 11 is 0. The minimum Gasteiger partial charge on any atom is -0.497 e. The number of nitrogens with one attached hydrogen (secondary N) is 1. The molecular weight excluding hydrogens is 446 g/mol. The van der Waals surface area contributed by atoms with Crippen LogP contribution < -0.4 is 24.4 Å². The number of carbonyl (C=O) groups excluding carboxylic acids is 2. The molecule has 0 saturated carbocycles. The average molecular weight is 476 g/mol. The fraction of sp³-hybridized carbons (Fsp3) is 0.259. The molecule has 3 aromatic rings. The largest absolute Gasteiger partial charge is 0.497 e. The van der Waals surface area contributed by atoms with Crippen LogP contribution >= 0.6 is 0 Å². The van der Waals surface area contributed by atoms with Crippen molar-refractivity contribution in [3.05, 3.63) is 77.9 Å².